The minimum atomic E-state index is 0.248. The lowest BCUT2D eigenvalue weighted by Gasteiger charge is -2.05. The van der Waals surface area contributed by atoms with E-state index >= 15 is 0 Å². The molecule has 1 aromatic heterocycles. The third kappa shape index (κ3) is 5.63. The smallest absolute Gasteiger partial charge is 0.140 e. The number of nitrogens with one attached hydrogen (secondary N) is 1. The fourth-order valence-corrected chi connectivity index (χ4v) is 3.67. The second kappa shape index (κ2) is 11.5. The Balaban J connectivity index is 0.00000132. The van der Waals surface area contributed by atoms with Crippen LogP contribution in [0.3, 0.4) is 0 Å². The van der Waals surface area contributed by atoms with Crippen molar-refractivity contribution < 1.29 is 5.11 Å². The summed E-state index contributed by atoms with van der Waals surface area (Å²) in [6, 6.07) is 26.5. The molecule has 4 rings (SSSR count). The van der Waals surface area contributed by atoms with E-state index in [0.717, 1.165) is 53.2 Å². The number of rotatable bonds is 7. The van der Waals surface area contributed by atoms with Crippen LogP contribution in [-0.2, 0) is 6.42 Å². The van der Waals surface area contributed by atoms with Gasteiger partial charge in [0.05, 0.1) is 16.4 Å². The molecule has 0 aliphatic heterocycles. The molecule has 0 atom stereocenters. The molecule has 0 amide bonds. The summed E-state index contributed by atoms with van der Waals surface area (Å²) < 4.78 is 0. The van der Waals surface area contributed by atoms with Gasteiger partial charge in [-0.05, 0) is 37.0 Å². The SMILES string of the molecule is CC.OCCCCc1ccc(-c2[nH]c(-c3ccccc3Cl)nc2-c2ccccc2)cc1. The van der Waals surface area contributed by atoms with Crippen LogP contribution in [0.25, 0.3) is 33.9 Å². The summed E-state index contributed by atoms with van der Waals surface area (Å²) in [5.41, 5.74) is 6.19. The summed E-state index contributed by atoms with van der Waals surface area (Å²) in [6.07, 6.45) is 2.80. The first-order valence-electron chi connectivity index (χ1n) is 10.9. The van der Waals surface area contributed by atoms with Crippen molar-refractivity contribution in [2.45, 2.75) is 33.1 Å². The first-order chi connectivity index (χ1) is 15.3. The van der Waals surface area contributed by atoms with Crippen LogP contribution in [-0.4, -0.2) is 21.7 Å². The van der Waals surface area contributed by atoms with E-state index in [0.29, 0.717) is 5.02 Å². The molecule has 1 heterocycles. The van der Waals surface area contributed by atoms with Gasteiger partial charge >= 0.3 is 0 Å². The number of hydrogen-bond donors (Lipinski definition) is 2. The fourth-order valence-electron chi connectivity index (χ4n) is 3.45. The monoisotopic (exact) mass is 432 g/mol. The molecule has 3 nitrogen and oxygen atoms in total. The molecular formula is C27H29ClN2O. The van der Waals surface area contributed by atoms with Crippen LogP contribution >= 0.6 is 11.6 Å². The minimum absolute atomic E-state index is 0.248. The lowest BCUT2D eigenvalue weighted by Crippen LogP contribution is -1.89. The Morgan fingerprint density at radius 3 is 2.16 bits per heavy atom. The molecule has 31 heavy (non-hydrogen) atoms. The molecule has 4 heteroatoms. The van der Waals surface area contributed by atoms with Gasteiger partial charge in [0.25, 0.3) is 0 Å². The molecular weight excluding hydrogens is 404 g/mol. The fraction of sp³-hybridized carbons (Fsp3) is 0.222. The molecule has 3 aromatic carbocycles. The number of unbranched alkanes of at least 4 members (excludes halogenated alkanes) is 1. The van der Waals surface area contributed by atoms with E-state index < -0.39 is 0 Å². The molecule has 0 radical (unpaired) electrons. The Labute approximate surface area is 189 Å². The average Bonchev–Trinajstić information content (AvgIpc) is 3.27. The summed E-state index contributed by atoms with van der Waals surface area (Å²) in [5, 5.41) is 9.64. The molecule has 0 spiro atoms. The maximum atomic E-state index is 8.97. The van der Waals surface area contributed by atoms with Crippen molar-refractivity contribution >= 4 is 11.6 Å². The van der Waals surface area contributed by atoms with Crippen molar-refractivity contribution in [2.24, 2.45) is 0 Å². The van der Waals surface area contributed by atoms with Gasteiger partial charge in [0.2, 0.25) is 0 Å². The third-order valence-electron chi connectivity index (χ3n) is 5.00. The number of imidazole rings is 1. The van der Waals surface area contributed by atoms with E-state index in [1.807, 2.05) is 56.3 Å². The quantitative estimate of drug-likeness (QED) is 0.299. The zero-order valence-corrected chi connectivity index (χ0v) is 18.9. The number of aliphatic hydroxyl groups excluding tert-OH is 1. The summed E-state index contributed by atoms with van der Waals surface area (Å²) in [6.45, 7) is 4.25. The van der Waals surface area contributed by atoms with Gasteiger partial charge in [0, 0.05) is 23.3 Å². The van der Waals surface area contributed by atoms with Gasteiger partial charge in [-0.2, -0.15) is 0 Å². The van der Waals surface area contributed by atoms with E-state index in [1.165, 1.54) is 5.56 Å². The topological polar surface area (TPSA) is 48.9 Å². The lowest BCUT2D eigenvalue weighted by molar-refractivity contribution is 0.284. The highest BCUT2D eigenvalue weighted by atomic mass is 35.5. The number of aromatic nitrogens is 2. The standard InChI is InChI=1S/C25H23ClN2O.C2H6/c26-22-12-5-4-11-21(22)25-27-23(19-9-2-1-3-10-19)24(28-25)20-15-13-18(14-16-20)8-6-7-17-29;1-2/h1-5,9-16,29H,6-8,17H2,(H,27,28);1-2H3. The molecule has 0 saturated carbocycles. The van der Waals surface area contributed by atoms with Crippen molar-refractivity contribution in [3.05, 3.63) is 89.4 Å². The number of benzene rings is 3. The van der Waals surface area contributed by atoms with Gasteiger partial charge in [-0.15, -0.1) is 0 Å². The number of nitrogens with zero attached hydrogens (tertiary/aromatic N) is 1. The molecule has 4 aromatic rings. The van der Waals surface area contributed by atoms with Gasteiger partial charge in [-0.3, -0.25) is 0 Å². The minimum Gasteiger partial charge on any atom is -0.396 e. The Morgan fingerprint density at radius 1 is 0.806 bits per heavy atom. The van der Waals surface area contributed by atoms with Crippen molar-refractivity contribution in [2.75, 3.05) is 6.61 Å². The number of aromatic amines is 1. The predicted octanol–water partition coefficient (Wildman–Crippen LogP) is 7.41. The average molecular weight is 433 g/mol. The molecule has 0 bridgehead atoms. The van der Waals surface area contributed by atoms with Crippen LogP contribution in [0, 0.1) is 0 Å². The van der Waals surface area contributed by atoms with E-state index in [1.54, 1.807) is 0 Å². The highest BCUT2D eigenvalue weighted by Crippen LogP contribution is 2.35. The molecule has 0 fully saturated rings. The first-order valence-corrected chi connectivity index (χ1v) is 11.2. The Hall–Kier alpha value is -2.88. The van der Waals surface area contributed by atoms with Crippen molar-refractivity contribution in [1.29, 1.82) is 0 Å². The van der Waals surface area contributed by atoms with Gasteiger partial charge < -0.3 is 10.1 Å². The van der Waals surface area contributed by atoms with E-state index in [-0.39, 0.29) is 6.61 Å². The van der Waals surface area contributed by atoms with Crippen LogP contribution in [0.1, 0.15) is 32.3 Å². The zero-order valence-electron chi connectivity index (χ0n) is 18.1. The van der Waals surface area contributed by atoms with Crippen LogP contribution < -0.4 is 0 Å². The largest absolute Gasteiger partial charge is 0.396 e. The third-order valence-corrected chi connectivity index (χ3v) is 5.33. The maximum absolute atomic E-state index is 8.97. The Morgan fingerprint density at radius 2 is 1.48 bits per heavy atom. The second-order valence-electron chi connectivity index (χ2n) is 7.03. The van der Waals surface area contributed by atoms with Gasteiger partial charge in [0.15, 0.2) is 0 Å². The number of halogens is 1. The van der Waals surface area contributed by atoms with Crippen LogP contribution in [0.15, 0.2) is 78.9 Å². The van der Waals surface area contributed by atoms with Crippen molar-refractivity contribution in [1.82, 2.24) is 9.97 Å². The molecule has 0 saturated heterocycles. The van der Waals surface area contributed by atoms with E-state index in [4.69, 9.17) is 21.7 Å². The highest BCUT2D eigenvalue weighted by molar-refractivity contribution is 6.33. The van der Waals surface area contributed by atoms with Crippen LogP contribution in [0.2, 0.25) is 5.02 Å². The Kier molecular flexibility index (Phi) is 8.45. The molecule has 0 aliphatic carbocycles. The first kappa shape index (κ1) is 22.8. The normalized spacial score (nSPS) is 10.5. The number of aryl methyl sites for hydroxylation is 1. The van der Waals surface area contributed by atoms with Gasteiger partial charge in [-0.25, -0.2) is 4.98 Å². The van der Waals surface area contributed by atoms with E-state index in [9.17, 15) is 0 Å². The molecule has 160 valence electrons. The lowest BCUT2D eigenvalue weighted by atomic mass is 10.0. The summed E-state index contributed by atoms with van der Waals surface area (Å²) in [7, 11) is 0. The van der Waals surface area contributed by atoms with E-state index in [2.05, 4.69) is 41.4 Å². The summed E-state index contributed by atoms with van der Waals surface area (Å²) in [5.74, 6) is 0.761. The molecule has 2 N–H and O–H groups in total. The van der Waals surface area contributed by atoms with Gasteiger partial charge in [0.1, 0.15) is 5.82 Å². The highest BCUT2D eigenvalue weighted by Gasteiger charge is 2.16. The van der Waals surface area contributed by atoms with Crippen LogP contribution in [0.4, 0.5) is 0 Å². The zero-order chi connectivity index (χ0) is 22.1. The molecule has 0 unspecified atom stereocenters. The number of H-pyrrole nitrogens is 1. The number of aliphatic hydroxyl groups is 1. The van der Waals surface area contributed by atoms with Crippen molar-refractivity contribution in [3.8, 4) is 33.9 Å². The maximum Gasteiger partial charge on any atom is 0.140 e. The van der Waals surface area contributed by atoms with Crippen molar-refractivity contribution in [3.63, 3.8) is 0 Å². The summed E-state index contributed by atoms with van der Waals surface area (Å²) in [4.78, 5) is 8.40. The predicted molar refractivity (Wildman–Crippen MR) is 131 cm³/mol. The van der Waals surface area contributed by atoms with Crippen LogP contribution in [0.5, 0.6) is 0 Å². The van der Waals surface area contributed by atoms with Gasteiger partial charge in [-0.1, -0.05) is 92.2 Å². The second-order valence-corrected chi connectivity index (χ2v) is 7.44. The Bertz CT molecular complexity index is 1070. The molecule has 0 aliphatic rings. The number of hydrogen-bond acceptors (Lipinski definition) is 2. The summed E-state index contributed by atoms with van der Waals surface area (Å²) >= 11 is 6.42.